The third-order valence-electron chi connectivity index (χ3n) is 4.72. The molecule has 1 unspecified atom stereocenters. The number of aryl methyl sites for hydroxylation is 1. The SMILES string of the molecule is CN(C)CC1CCc2cc(NC(=O)/C=C/c3ccc(Cl)cc3)ccc2C1.Cl. The lowest BCUT2D eigenvalue weighted by molar-refractivity contribution is -0.111. The fourth-order valence-electron chi connectivity index (χ4n) is 3.51. The minimum Gasteiger partial charge on any atom is -0.323 e. The monoisotopic (exact) mass is 404 g/mol. The van der Waals surface area contributed by atoms with Gasteiger partial charge in [0.25, 0.3) is 0 Å². The molecular formula is C22H26Cl2N2O. The molecule has 0 fully saturated rings. The number of hydrogen-bond acceptors (Lipinski definition) is 2. The average Bonchev–Trinajstić information content (AvgIpc) is 2.61. The van der Waals surface area contributed by atoms with E-state index in [1.807, 2.05) is 30.3 Å². The van der Waals surface area contributed by atoms with Crippen LogP contribution in [0.1, 0.15) is 23.1 Å². The molecule has 0 saturated carbocycles. The van der Waals surface area contributed by atoms with Gasteiger partial charge < -0.3 is 10.2 Å². The van der Waals surface area contributed by atoms with Gasteiger partial charge in [-0.2, -0.15) is 0 Å². The van der Waals surface area contributed by atoms with Gasteiger partial charge in [0.15, 0.2) is 0 Å². The zero-order chi connectivity index (χ0) is 18.5. The molecule has 0 saturated heterocycles. The van der Waals surface area contributed by atoms with Crippen molar-refractivity contribution >= 4 is 41.7 Å². The van der Waals surface area contributed by atoms with E-state index in [2.05, 4.69) is 36.4 Å². The lowest BCUT2D eigenvalue weighted by Crippen LogP contribution is -2.26. The molecule has 0 radical (unpaired) electrons. The molecule has 2 aromatic rings. The molecule has 1 aliphatic carbocycles. The van der Waals surface area contributed by atoms with Crippen molar-refractivity contribution in [1.29, 1.82) is 0 Å². The van der Waals surface area contributed by atoms with Gasteiger partial charge in [-0.25, -0.2) is 0 Å². The summed E-state index contributed by atoms with van der Waals surface area (Å²) in [5.41, 5.74) is 4.58. The van der Waals surface area contributed by atoms with E-state index in [9.17, 15) is 4.79 Å². The summed E-state index contributed by atoms with van der Waals surface area (Å²) >= 11 is 5.87. The average molecular weight is 405 g/mol. The molecule has 1 aliphatic rings. The number of anilines is 1. The normalized spacial score (nSPS) is 16.1. The number of nitrogens with one attached hydrogen (secondary N) is 1. The van der Waals surface area contributed by atoms with Crippen LogP contribution in [-0.4, -0.2) is 31.4 Å². The van der Waals surface area contributed by atoms with E-state index in [0.29, 0.717) is 5.02 Å². The van der Waals surface area contributed by atoms with Gasteiger partial charge in [-0.1, -0.05) is 29.8 Å². The first-order valence-electron chi connectivity index (χ1n) is 9.01. The van der Waals surface area contributed by atoms with Crippen molar-refractivity contribution in [3.05, 3.63) is 70.3 Å². The molecule has 3 rings (SSSR count). The lowest BCUT2D eigenvalue weighted by atomic mass is 9.83. The summed E-state index contributed by atoms with van der Waals surface area (Å²) in [6.07, 6.45) is 6.75. The maximum Gasteiger partial charge on any atom is 0.248 e. The van der Waals surface area contributed by atoms with Crippen LogP contribution in [0, 0.1) is 5.92 Å². The number of halogens is 2. The largest absolute Gasteiger partial charge is 0.323 e. The number of rotatable bonds is 5. The molecule has 2 aromatic carbocycles. The molecule has 0 bridgehead atoms. The minimum absolute atomic E-state index is 0. The number of nitrogens with zero attached hydrogens (tertiary/aromatic N) is 1. The minimum atomic E-state index is -0.124. The van der Waals surface area contributed by atoms with E-state index in [1.165, 1.54) is 17.5 Å². The molecule has 0 heterocycles. The molecular weight excluding hydrogens is 379 g/mol. The maximum atomic E-state index is 12.2. The van der Waals surface area contributed by atoms with Crippen LogP contribution in [0.15, 0.2) is 48.5 Å². The predicted octanol–water partition coefficient (Wildman–Crippen LogP) is 5.08. The van der Waals surface area contributed by atoms with Gasteiger partial charge in [-0.15, -0.1) is 12.4 Å². The van der Waals surface area contributed by atoms with Crippen LogP contribution in [-0.2, 0) is 17.6 Å². The molecule has 27 heavy (non-hydrogen) atoms. The summed E-state index contributed by atoms with van der Waals surface area (Å²) in [4.78, 5) is 14.4. The molecule has 3 nitrogen and oxygen atoms in total. The Morgan fingerprint density at radius 1 is 1.19 bits per heavy atom. The summed E-state index contributed by atoms with van der Waals surface area (Å²) in [5.74, 6) is 0.599. The topological polar surface area (TPSA) is 32.3 Å². The number of amides is 1. The van der Waals surface area contributed by atoms with Crippen LogP contribution in [0.2, 0.25) is 5.02 Å². The van der Waals surface area contributed by atoms with Crippen molar-refractivity contribution in [2.24, 2.45) is 5.92 Å². The van der Waals surface area contributed by atoms with Crippen LogP contribution in [0.3, 0.4) is 0 Å². The van der Waals surface area contributed by atoms with E-state index < -0.39 is 0 Å². The highest BCUT2D eigenvalue weighted by molar-refractivity contribution is 6.30. The molecule has 1 amide bonds. The number of carbonyl (C=O) groups excluding carboxylic acids is 1. The van der Waals surface area contributed by atoms with E-state index in [0.717, 1.165) is 36.6 Å². The second kappa shape index (κ2) is 9.93. The zero-order valence-corrected chi connectivity index (χ0v) is 17.3. The lowest BCUT2D eigenvalue weighted by Gasteiger charge is -2.27. The van der Waals surface area contributed by atoms with Crippen molar-refractivity contribution in [2.75, 3.05) is 26.0 Å². The predicted molar refractivity (Wildman–Crippen MR) is 117 cm³/mol. The van der Waals surface area contributed by atoms with Crippen molar-refractivity contribution in [3.63, 3.8) is 0 Å². The van der Waals surface area contributed by atoms with Gasteiger partial charge in [0, 0.05) is 23.3 Å². The summed E-state index contributed by atoms with van der Waals surface area (Å²) in [7, 11) is 4.26. The van der Waals surface area contributed by atoms with Crippen LogP contribution < -0.4 is 5.32 Å². The first kappa shape index (κ1) is 21.5. The summed E-state index contributed by atoms with van der Waals surface area (Å²) < 4.78 is 0. The fourth-order valence-corrected chi connectivity index (χ4v) is 3.64. The number of hydrogen-bond donors (Lipinski definition) is 1. The van der Waals surface area contributed by atoms with E-state index >= 15 is 0 Å². The van der Waals surface area contributed by atoms with E-state index in [4.69, 9.17) is 11.6 Å². The second-order valence-electron chi connectivity index (χ2n) is 7.23. The molecule has 144 valence electrons. The Bertz CT molecular complexity index is 800. The molecule has 1 N–H and O–H groups in total. The van der Waals surface area contributed by atoms with E-state index in [1.54, 1.807) is 12.2 Å². The highest BCUT2D eigenvalue weighted by atomic mass is 35.5. The van der Waals surface area contributed by atoms with Gasteiger partial charge >= 0.3 is 0 Å². The maximum absolute atomic E-state index is 12.2. The molecule has 0 spiro atoms. The molecule has 5 heteroatoms. The number of carbonyl (C=O) groups is 1. The van der Waals surface area contributed by atoms with Gasteiger partial charge in [0.1, 0.15) is 0 Å². The summed E-state index contributed by atoms with van der Waals surface area (Å²) in [6.45, 7) is 1.13. The summed E-state index contributed by atoms with van der Waals surface area (Å²) in [6, 6.07) is 13.7. The molecule has 0 aliphatic heterocycles. The van der Waals surface area contributed by atoms with Crippen LogP contribution >= 0.6 is 24.0 Å². The van der Waals surface area contributed by atoms with Gasteiger partial charge in [-0.05, 0) is 86.3 Å². The Morgan fingerprint density at radius 3 is 2.63 bits per heavy atom. The van der Waals surface area contributed by atoms with Crippen molar-refractivity contribution in [2.45, 2.75) is 19.3 Å². The van der Waals surface area contributed by atoms with Crippen LogP contribution in [0.4, 0.5) is 5.69 Å². The second-order valence-corrected chi connectivity index (χ2v) is 7.67. The van der Waals surface area contributed by atoms with Gasteiger partial charge in [-0.3, -0.25) is 4.79 Å². The summed E-state index contributed by atoms with van der Waals surface area (Å²) in [5, 5.41) is 3.65. The van der Waals surface area contributed by atoms with Gasteiger partial charge in [0.05, 0.1) is 0 Å². The Labute approximate surface area is 172 Å². The fraction of sp³-hybridized carbons (Fsp3) is 0.318. The highest BCUT2D eigenvalue weighted by Crippen LogP contribution is 2.28. The smallest absolute Gasteiger partial charge is 0.248 e. The number of fused-ring (bicyclic) bond motifs is 1. The van der Waals surface area contributed by atoms with Crippen molar-refractivity contribution in [3.8, 4) is 0 Å². The number of benzene rings is 2. The molecule has 0 aromatic heterocycles. The first-order chi connectivity index (χ1) is 12.5. The quantitative estimate of drug-likeness (QED) is 0.704. The van der Waals surface area contributed by atoms with Crippen molar-refractivity contribution < 1.29 is 4.79 Å². The van der Waals surface area contributed by atoms with E-state index in [-0.39, 0.29) is 18.3 Å². The Balaban J connectivity index is 0.00000261. The Hall–Kier alpha value is -1.81. The van der Waals surface area contributed by atoms with Crippen molar-refractivity contribution in [1.82, 2.24) is 4.90 Å². The third-order valence-corrected chi connectivity index (χ3v) is 4.98. The van der Waals surface area contributed by atoms with Gasteiger partial charge in [0.2, 0.25) is 5.91 Å². The highest BCUT2D eigenvalue weighted by Gasteiger charge is 2.19. The first-order valence-corrected chi connectivity index (χ1v) is 9.38. The van der Waals surface area contributed by atoms with Crippen LogP contribution in [0.25, 0.3) is 6.08 Å². The zero-order valence-electron chi connectivity index (χ0n) is 15.7. The molecule has 1 atom stereocenters. The third kappa shape index (κ3) is 6.39. The Morgan fingerprint density at radius 2 is 1.93 bits per heavy atom. The standard InChI is InChI=1S/C22H25ClN2O.ClH/c1-25(2)15-17-3-7-19-14-21(11-8-18(19)13-17)24-22(26)12-6-16-4-9-20(23)10-5-16;/h4-6,8-12,14,17H,3,7,13,15H2,1-2H3,(H,24,26);1H/b12-6+;. The Kier molecular flexibility index (Phi) is 7.91. The van der Waals surface area contributed by atoms with Crippen LogP contribution in [0.5, 0.6) is 0 Å².